The van der Waals surface area contributed by atoms with Crippen LogP contribution in [0.2, 0.25) is 0 Å². The summed E-state index contributed by atoms with van der Waals surface area (Å²) in [5, 5.41) is 13.3. The summed E-state index contributed by atoms with van der Waals surface area (Å²) in [6, 6.07) is 4.36. The Hall–Kier alpha value is -1.95. The average molecular weight is 237 g/mol. The summed E-state index contributed by atoms with van der Waals surface area (Å²) in [4.78, 5) is 21.8. The summed E-state index contributed by atoms with van der Waals surface area (Å²) in [7, 11) is 0. The van der Waals surface area contributed by atoms with Crippen LogP contribution in [0.1, 0.15) is 18.9 Å². The van der Waals surface area contributed by atoms with Gasteiger partial charge in [0, 0.05) is 18.5 Å². The molecule has 1 aromatic rings. The zero-order chi connectivity index (χ0) is 13.0. The molecule has 0 aromatic heterocycles. The van der Waals surface area contributed by atoms with E-state index in [1.807, 2.05) is 0 Å². The summed E-state index contributed by atoms with van der Waals surface area (Å²) in [6.45, 7) is 3.45. The zero-order valence-electron chi connectivity index (χ0n) is 9.77. The van der Waals surface area contributed by atoms with Crippen LogP contribution in [-0.4, -0.2) is 16.9 Å². The number of hydrogen-bond donors (Lipinski definition) is 2. The second-order valence-corrected chi connectivity index (χ2v) is 4.01. The number of nitro groups is 1. The number of amides is 1. The van der Waals surface area contributed by atoms with E-state index in [4.69, 9.17) is 5.73 Å². The van der Waals surface area contributed by atoms with E-state index in [9.17, 15) is 14.9 Å². The number of anilines is 1. The van der Waals surface area contributed by atoms with Crippen molar-refractivity contribution in [1.29, 1.82) is 0 Å². The van der Waals surface area contributed by atoms with E-state index >= 15 is 0 Å². The van der Waals surface area contributed by atoms with E-state index in [-0.39, 0.29) is 29.7 Å². The quantitative estimate of drug-likeness (QED) is 0.613. The third kappa shape index (κ3) is 3.84. The molecule has 6 heteroatoms. The number of nitrogens with zero attached hydrogens (tertiary/aromatic N) is 1. The van der Waals surface area contributed by atoms with Crippen LogP contribution in [0, 0.1) is 17.0 Å². The van der Waals surface area contributed by atoms with E-state index in [0.29, 0.717) is 0 Å². The molecule has 0 saturated carbocycles. The summed E-state index contributed by atoms with van der Waals surface area (Å²) >= 11 is 0. The first-order valence-corrected chi connectivity index (χ1v) is 5.20. The predicted molar refractivity (Wildman–Crippen MR) is 64.7 cm³/mol. The molecule has 1 unspecified atom stereocenters. The molecule has 6 nitrogen and oxygen atoms in total. The number of carbonyl (C=O) groups excluding carboxylic acids is 1. The van der Waals surface area contributed by atoms with Crippen LogP contribution in [0.4, 0.5) is 11.4 Å². The van der Waals surface area contributed by atoms with Crippen molar-refractivity contribution in [3.05, 3.63) is 33.9 Å². The molecule has 0 aliphatic carbocycles. The first kappa shape index (κ1) is 13.1. The van der Waals surface area contributed by atoms with Gasteiger partial charge in [-0.25, -0.2) is 0 Å². The number of rotatable bonds is 4. The predicted octanol–water partition coefficient (Wildman–Crippen LogP) is 1.58. The molecule has 1 rings (SSSR count). The maximum atomic E-state index is 11.5. The summed E-state index contributed by atoms with van der Waals surface area (Å²) in [5.41, 5.74) is 6.33. The first-order valence-electron chi connectivity index (χ1n) is 5.20. The van der Waals surface area contributed by atoms with Gasteiger partial charge in [-0.05, 0) is 25.5 Å². The molecule has 0 spiro atoms. The molecule has 0 heterocycles. The van der Waals surface area contributed by atoms with Crippen LogP contribution in [0.3, 0.4) is 0 Å². The molecule has 0 aliphatic rings. The van der Waals surface area contributed by atoms with Crippen molar-refractivity contribution in [2.24, 2.45) is 5.73 Å². The third-order valence-corrected chi connectivity index (χ3v) is 2.13. The molecule has 0 fully saturated rings. The Morgan fingerprint density at radius 1 is 1.59 bits per heavy atom. The van der Waals surface area contributed by atoms with E-state index < -0.39 is 4.92 Å². The Balaban J connectivity index is 2.91. The number of nitro benzene ring substituents is 1. The molecule has 1 atom stereocenters. The van der Waals surface area contributed by atoms with Crippen molar-refractivity contribution < 1.29 is 9.72 Å². The average Bonchev–Trinajstić information content (AvgIpc) is 2.19. The van der Waals surface area contributed by atoms with Crippen LogP contribution >= 0.6 is 0 Å². The summed E-state index contributed by atoms with van der Waals surface area (Å²) < 4.78 is 0. The molecule has 92 valence electrons. The van der Waals surface area contributed by atoms with Crippen molar-refractivity contribution in [3.8, 4) is 0 Å². The lowest BCUT2D eigenvalue weighted by molar-refractivity contribution is -0.384. The van der Waals surface area contributed by atoms with E-state index in [1.54, 1.807) is 19.9 Å². The Kier molecular flexibility index (Phi) is 4.17. The molecule has 0 saturated heterocycles. The van der Waals surface area contributed by atoms with Crippen LogP contribution in [-0.2, 0) is 4.79 Å². The minimum absolute atomic E-state index is 0.108. The molecule has 0 radical (unpaired) electrons. The normalized spacial score (nSPS) is 11.9. The molecule has 0 aliphatic heterocycles. The number of nitrogens with two attached hydrogens (primary N) is 1. The highest BCUT2D eigenvalue weighted by molar-refractivity contribution is 5.93. The first-order chi connectivity index (χ1) is 7.90. The van der Waals surface area contributed by atoms with Crippen molar-refractivity contribution in [1.82, 2.24) is 0 Å². The molecular formula is C11H15N3O3. The van der Waals surface area contributed by atoms with Gasteiger partial charge in [0.2, 0.25) is 5.91 Å². The van der Waals surface area contributed by atoms with Crippen LogP contribution in [0.15, 0.2) is 18.2 Å². The van der Waals surface area contributed by atoms with E-state index in [0.717, 1.165) is 5.56 Å². The molecule has 1 amide bonds. The van der Waals surface area contributed by atoms with E-state index in [2.05, 4.69) is 5.32 Å². The smallest absolute Gasteiger partial charge is 0.293 e. The second-order valence-electron chi connectivity index (χ2n) is 4.01. The monoisotopic (exact) mass is 237 g/mol. The van der Waals surface area contributed by atoms with Gasteiger partial charge in [-0.1, -0.05) is 6.07 Å². The molecule has 1 aromatic carbocycles. The Bertz CT molecular complexity index is 444. The maximum absolute atomic E-state index is 11.5. The molecule has 0 bridgehead atoms. The van der Waals surface area contributed by atoms with Gasteiger partial charge in [0.1, 0.15) is 5.69 Å². The standard InChI is InChI=1S/C11H15N3O3/c1-7-3-4-9(10(5-7)14(16)17)13-11(15)6-8(2)12/h3-5,8H,6,12H2,1-2H3,(H,13,15). The fraction of sp³-hybridized carbons (Fsp3) is 0.364. The van der Waals surface area contributed by atoms with Gasteiger partial charge in [-0.2, -0.15) is 0 Å². The Labute approximate surface area is 99.0 Å². The maximum Gasteiger partial charge on any atom is 0.293 e. The number of benzene rings is 1. The van der Waals surface area contributed by atoms with Gasteiger partial charge in [0.05, 0.1) is 4.92 Å². The molecule has 3 N–H and O–H groups in total. The molecule has 17 heavy (non-hydrogen) atoms. The largest absolute Gasteiger partial charge is 0.327 e. The highest BCUT2D eigenvalue weighted by Gasteiger charge is 2.16. The highest BCUT2D eigenvalue weighted by atomic mass is 16.6. The van der Waals surface area contributed by atoms with Crippen molar-refractivity contribution >= 4 is 17.3 Å². The summed E-state index contributed by atoms with van der Waals surface area (Å²) in [5.74, 6) is -0.327. The number of nitrogens with one attached hydrogen (secondary N) is 1. The minimum atomic E-state index is -0.519. The SMILES string of the molecule is Cc1ccc(NC(=O)CC(C)N)c([N+](=O)[O-])c1. The van der Waals surface area contributed by atoms with Gasteiger partial charge in [-0.3, -0.25) is 14.9 Å². The summed E-state index contributed by atoms with van der Waals surface area (Å²) in [6.07, 6.45) is 0.130. The van der Waals surface area contributed by atoms with Gasteiger partial charge in [-0.15, -0.1) is 0 Å². The fourth-order valence-electron chi connectivity index (χ4n) is 1.39. The van der Waals surface area contributed by atoms with Crippen molar-refractivity contribution in [2.75, 3.05) is 5.32 Å². The van der Waals surface area contributed by atoms with Crippen molar-refractivity contribution in [2.45, 2.75) is 26.3 Å². The Morgan fingerprint density at radius 2 is 2.24 bits per heavy atom. The molecular weight excluding hydrogens is 222 g/mol. The van der Waals surface area contributed by atoms with Gasteiger partial charge in [0.25, 0.3) is 5.69 Å². The van der Waals surface area contributed by atoms with Crippen LogP contribution in [0.25, 0.3) is 0 Å². The van der Waals surface area contributed by atoms with Crippen LogP contribution < -0.4 is 11.1 Å². The second kappa shape index (κ2) is 5.40. The lowest BCUT2D eigenvalue weighted by Gasteiger charge is -2.08. The highest BCUT2D eigenvalue weighted by Crippen LogP contribution is 2.25. The minimum Gasteiger partial charge on any atom is -0.327 e. The van der Waals surface area contributed by atoms with Gasteiger partial charge in [0.15, 0.2) is 0 Å². The van der Waals surface area contributed by atoms with E-state index in [1.165, 1.54) is 12.1 Å². The lowest BCUT2D eigenvalue weighted by Crippen LogP contribution is -2.24. The zero-order valence-corrected chi connectivity index (χ0v) is 9.77. The number of carbonyl (C=O) groups is 1. The van der Waals surface area contributed by atoms with Crippen LogP contribution in [0.5, 0.6) is 0 Å². The number of aryl methyl sites for hydroxylation is 1. The Morgan fingerprint density at radius 3 is 2.76 bits per heavy atom. The number of hydrogen-bond acceptors (Lipinski definition) is 4. The lowest BCUT2D eigenvalue weighted by atomic mass is 10.2. The fourth-order valence-corrected chi connectivity index (χ4v) is 1.39. The van der Waals surface area contributed by atoms with Crippen molar-refractivity contribution in [3.63, 3.8) is 0 Å². The van der Waals surface area contributed by atoms with Gasteiger partial charge < -0.3 is 11.1 Å². The van der Waals surface area contributed by atoms with Gasteiger partial charge >= 0.3 is 0 Å². The topological polar surface area (TPSA) is 98.3 Å². The third-order valence-electron chi connectivity index (χ3n) is 2.13.